The second kappa shape index (κ2) is 6.11. The van der Waals surface area contributed by atoms with E-state index in [1.807, 2.05) is 17.8 Å². The molecule has 3 heteroatoms. The second-order valence-electron chi connectivity index (χ2n) is 3.01. The van der Waals surface area contributed by atoms with Crippen molar-refractivity contribution in [3.8, 4) is 0 Å². The summed E-state index contributed by atoms with van der Waals surface area (Å²) in [5.41, 5.74) is 1.23. The van der Waals surface area contributed by atoms with E-state index >= 15 is 0 Å². The Labute approximate surface area is 83.3 Å². The molecule has 0 saturated heterocycles. The van der Waals surface area contributed by atoms with Gasteiger partial charge in [0.25, 0.3) is 0 Å². The molecular formula is C10H16O2S. The first-order chi connectivity index (χ1) is 6.34. The summed E-state index contributed by atoms with van der Waals surface area (Å²) in [7, 11) is 0. The highest BCUT2D eigenvalue weighted by atomic mass is 32.2. The zero-order valence-electron chi connectivity index (χ0n) is 7.95. The Kier molecular flexibility index (Phi) is 5.01. The van der Waals surface area contributed by atoms with E-state index in [9.17, 15) is 0 Å². The van der Waals surface area contributed by atoms with Crippen molar-refractivity contribution in [3.63, 3.8) is 0 Å². The number of aryl methyl sites for hydroxylation is 1. The standard InChI is InChI=1S/C10H16O2S/c1-9-4-6-12-10(9)8-13-7-3-2-5-11/h4,6,11H,2-3,5,7-8H2,1H3. The molecule has 74 valence electrons. The maximum absolute atomic E-state index is 8.57. The Morgan fingerprint density at radius 3 is 2.92 bits per heavy atom. The van der Waals surface area contributed by atoms with Gasteiger partial charge in [0.1, 0.15) is 5.76 Å². The molecule has 1 N–H and O–H groups in total. The third-order valence-corrected chi connectivity index (χ3v) is 2.94. The van der Waals surface area contributed by atoms with Crippen LogP contribution in [0.2, 0.25) is 0 Å². The average molecular weight is 200 g/mol. The van der Waals surface area contributed by atoms with Crippen molar-refractivity contribution in [2.45, 2.75) is 25.5 Å². The number of rotatable bonds is 6. The molecule has 0 fully saturated rings. The monoisotopic (exact) mass is 200 g/mol. The summed E-state index contributed by atoms with van der Waals surface area (Å²) in [4.78, 5) is 0. The number of thioether (sulfide) groups is 1. The summed E-state index contributed by atoms with van der Waals surface area (Å²) in [6.07, 6.45) is 3.73. The van der Waals surface area contributed by atoms with Crippen LogP contribution in [0.3, 0.4) is 0 Å². The third-order valence-electron chi connectivity index (χ3n) is 1.90. The number of furan rings is 1. The number of aliphatic hydroxyl groups excluding tert-OH is 1. The molecule has 0 bridgehead atoms. The van der Waals surface area contributed by atoms with E-state index < -0.39 is 0 Å². The first-order valence-corrected chi connectivity index (χ1v) is 5.71. The van der Waals surface area contributed by atoms with E-state index in [0.717, 1.165) is 30.1 Å². The zero-order chi connectivity index (χ0) is 9.52. The Morgan fingerprint density at radius 2 is 2.31 bits per heavy atom. The molecule has 1 heterocycles. The molecule has 0 amide bonds. The van der Waals surface area contributed by atoms with Crippen LogP contribution in [0.5, 0.6) is 0 Å². The van der Waals surface area contributed by atoms with E-state index in [4.69, 9.17) is 9.52 Å². The molecule has 1 aromatic rings. The van der Waals surface area contributed by atoms with Crippen LogP contribution in [0.4, 0.5) is 0 Å². The Morgan fingerprint density at radius 1 is 1.46 bits per heavy atom. The maximum atomic E-state index is 8.57. The highest BCUT2D eigenvalue weighted by Gasteiger charge is 2.00. The van der Waals surface area contributed by atoms with Crippen molar-refractivity contribution in [1.29, 1.82) is 0 Å². The van der Waals surface area contributed by atoms with Gasteiger partial charge in [-0.15, -0.1) is 0 Å². The lowest BCUT2D eigenvalue weighted by Gasteiger charge is -1.99. The summed E-state index contributed by atoms with van der Waals surface area (Å²) in [5, 5.41) is 8.57. The van der Waals surface area contributed by atoms with E-state index in [-0.39, 0.29) is 0 Å². The molecule has 1 aromatic heterocycles. The van der Waals surface area contributed by atoms with Gasteiger partial charge in [0.2, 0.25) is 0 Å². The minimum atomic E-state index is 0.306. The van der Waals surface area contributed by atoms with Gasteiger partial charge in [-0.3, -0.25) is 0 Å². The molecule has 0 aliphatic carbocycles. The molecule has 0 spiro atoms. The fourth-order valence-electron chi connectivity index (χ4n) is 1.03. The minimum absolute atomic E-state index is 0.306. The van der Waals surface area contributed by atoms with Gasteiger partial charge in [0.15, 0.2) is 0 Å². The number of hydrogen-bond acceptors (Lipinski definition) is 3. The smallest absolute Gasteiger partial charge is 0.116 e. The number of unbranched alkanes of at least 4 members (excludes halogenated alkanes) is 1. The normalized spacial score (nSPS) is 10.6. The van der Waals surface area contributed by atoms with Gasteiger partial charge in [-0.25, -0.2) is 0 Å². The van der Waals surface area contributed by atoms with Crippen LogP contribution >= 0.6 is 11.8 Å². The molecule has 0 aromatic carbocycles. The lowest BCUT2D eigenvalue weighted by atomic mass is 10.3. The van der Waals surface area contributed by atoms with Crippen molar-refractivity contribution in [3.05, 3.63) is 23.7 Å². The van der Waals surface area contributed by atoms with E-state index in [0.29, 0.717) is 6.61 Å². The highest BCUT2D eigenvalue weighted by molar-refractivity contribution is 7.98. The number of aliphatic hydroxyl groups is 1. The Bertz CT molecular complexity index is 233. The van der Waals surface area contributed by atoms with Crippen molar-refractivity contribution in [2.24, 2.45) is 0 Å². The highest BCUT2D eigenvalue weighted by Crippen LogP contribution is 2.17. The van der Waals surface area contributed by atoms with E-state index in [1.54, 1.807) is 6.26 Å². The van der Waals surface area contributed by atoms with Gasteiger partial charge >= 0.3 is 0 Å². The van der Waals surface area contributed by atoms with Crippen molar-refractivity contribution < 1.29 is 9.52 Å². The summed E-state index contributed by atoms with van der Waals surface area (Å²) in [6.45, 7) is 2.37. The quantitative estimate of drug-likeness (QED) is 0.716. The second-order valence-corrected chi connectivity index (χ2v) is 4.12. The molecule has 0 unspecified atom stereocenters. The van der Waals surface area contributed by atoms with Gasteiger partial charge in [-0.2, -0.15) is 11.8 Å². The largest absolute Gasteiger partial charge is 0.468 e. The minimum Gasteiger partial charge on any atom is -0.468 e. The van der Waals surface area contributed by atoms with Gasteiger partial charge in [0.05, 0.1) is 12.0 Å². The fraction of sp³-hybridized carbons (Fsp3) is 0.600. The first kappa shape index (κ1) is 10.7. The number of hydrogen-bond donors (Lipinski definition) is 1. The van der Waals surface area contributed by atoms with Crippen molar-refractivity contribution >= 4 is 11.8 Å². The Balaban J connectivity index is 2.10. The molecule has 0 aliphatic heterocycles. The maximum Gasteiger partial charge on any atom is 0.116 e. The summed E-state index contributed by atoms with van der Waals surface area (Å²) in [6, 6.07) is 1.99. The van der Waals surface area contributed by atoms with Crippen LogP contribution in [0, 0.1) is 6.92 Å². The van der Waals surface area contributed by atoms with Crippen LogP contribution in [0.15, 0.2) is 16.7 Å². The molecule has 0 aliphatic rings. The average Bonchev–Trinajstić information content (AvgIpc) is 2.52. The molecular weight excluding hydrogens is 184 g/mol. The summed E-state index contributed by atoms with van der Waals surface area (Å²) >= 11 is 1.86. The molecule has 0 radical (unpaired) electrons. The van der Waals surface area contributed by atoms with Crippen LogP contribution in [0.25, 0.3) is 0 Å². The van der Waals surface area contributed by atoms with Gasteiger partial charge in [0, 0.05) is 6.61 Å². The van der Waals surface area contributed by atoms with Crippen molar-refractivity contribution in [1.82, 2.24) is 0 Å². The van der Waals surface area contributed by atoms with Gasteiger partial charge in [-0.1, -0.05) is 0 Å². The van der Waals surface area contributed by atoms with Crippen LogP contribution in [-0.4, -0.2) is 17.5 Å². The van der Waals surface area contributed by atoms with Crippen LogP contribution in [0.1, 0.15) is 24.2 Å². The fourth-order valence-corrected chi connectivity index (χ4v) is 2.07. The lowest BCUT2D eigenvalue weighted by Crippen LogP contribution is -1.87. The lowest BCUT2D eigenvalue weighted by molar-refractivity contribution is 0.287. The summed E-state index contributed by atoms with van der Waals surface area (Å²) < 4.78 is 5.30. The Hall–Kier alpha value is -0.410. The predicted molar refractivity (Wildman–Crippen MR) is 55.9 cm³/mol. The first-order valence-electron chi connectivity index (χ1n) is 4.56. The van der Waals surface area contributed by atoms with E-state index in [2.05, 4.69) is 6.92 Å². The molecule has 2 nitrogen and oxygen atoms in total. The van der Waals surface area contributed by atoms with Gasteiger partial charge < -0.3 is 9.52 Å². The summed E-state index contributed by atoms with van der Waals surface area (Å²) in [5.74, 6) is 3.12. The molecule has 0 atom stereocenters. The van der Waals surface area contributed by atoms with Crippen LogP contribution < -0.4 is 0 Å². The van der Waals surface area contributed by atoms with Crippen LogP contribution in [-0.2, 0) is 5.75 Å². The molecule has 1 rings (SSSR count). The van der Waals surface area contributed by atoms with Gasteiger partial charge in [-0.05, 0) is 37.1 Å². The SMILES string of the molecule is Cc1ccoc1CSCCCCO. The third kappa shape index (κ3) is 3.87. The van der Waals surface area contributed by atoms with E-state index in [1.165, 1.54) is 5.56 Å². The molecule has 13 heavy (non-hydrogen) atoms. The molecule has 0 saturated carbocycles. The van der Waals surface area contributed by atoms with Crippen molar-refractivity contribution in [2.75, 3.05) is 12.4 Å². The zero-order valence-corrected chi connectivity index (χ0v) is 8.77. The predicted octanol–water partition coefficient (Wildman–Crippen LogP) is 2.59. The topological polar surface area (TPSA) is 33.4 Å².